The minimum atomic E-state index is -0.136. The van der Waals surface area contributed by atoms with Crippen molar-refractivity contribution < 1.29 is 4.79 Å². The van der Waals surface area contributed by atoms with Gasteiger partial charge in [-0.3, -0.25) is 0 Å². The normalized spacial score (nSPS) is 13.2. The predicted molar refractivity (Wildman–Crippen MR) is 183 cm³/mol. The van der Waals surface area contributed by atoms with Gasteiger partial charge in [-0.1, -0.05) is 13.8 Å². The summed E-state index contributed by atoms with van der Waals surface area (Å²) in [7, 11) is 0.708. The van der Waals surface area contributed by atoms with Crippen molar-refractivity contribution in [3.8, 4) is 0 Å². The van der Waals surface area contributed by atoms with Crippen LogP contribution in [-0.2, 0) is 17.5 Å². The van der Waals surface area contributed by atoms with Gasteiger partial charge in [-0.15, -0.1) is 0 Å². The van der Waals surface area contributed by atoms with Gasteiger partial charge in [0.15, 0.2) is 0 Å². The Balaban J connectivity index is 2.91. The van der Waals surface area contributed by atoms with Crippen LogP contribution in [0.15, 0.2) is 18.0 Å². The number of carbonyl (C=O) groups is 1. The van der Waals surface area contributed by atoms with Gasteiger partial charge in [0.2, 0.25) is 0 Å². The molecule has 1 aromatic rings. The molecule has 0 aliphatic carbocycles. The summed E-state index contributed by atoms with van der Waals surface area (Å²) in [6, 6.07) is 2.32. The average molecular weight is 551 g/mol. The Morgan fingerprint density at radius 1 is 0.650 bits per heavy atom. The third kappa shape index (κ3) is 16.0. The first-order valence-electron chi connectivity index (χ1n) is 17.9. The van der Waals surface area contributed by atoms with Crippen LogP contribution in [0.25, 0.3) is 0 Å². The van der Waals surface area contributed by atoms with Gasteiger partial charge in [0, 0.05) is 0 Å². The van der Waals surface area contributed by atoms with Crippen molar-refractivity contribution >= 4 is 19.9 Å². The van der Waals surface area contributed by atoms with Crippen molar-refractivity contribution in [2.24, 2.45) is 10.8 Å². The molecule has 0 radical (unpaired) electrons. The summed E-state index contributed by atoms with van der Waals surface area (Å²) < 4.78 is 0. The van der Waals surface area contributed by atoms with Gasteiger partial charge in [-0.25, -0.2) is 0 Å². The van der Waals surface area contributed by atoms with Gasteiger partial charge in [0.05, 0.1) is 0 Å². The van der Waals surface area contributed by atoms with Crippen molar-refractivity contribution in [1.29, 1.82) is 0 Å². The van der Waals surface area contributed by atoms with E-state index >= 15 is 0 Å². The van der Waals surface area contributed by atoms with Crippen LogP contribution in [0.2, 0.25) is 0 Å². The Hall–Kier alpha value is -0.850. The maximum atomic E-state index is 13.8. The summed E-state index contributed by atoms with van der Waals surface area (Å²) in [5, 5.41) is 0. The van der Waals surface area contributed by atoms with E-state index in [1.54, 1.807) is 0 Å². The number of hydrogen-bond donors (Lipinski definition) is 0. The summed E-state index contributed by atoms with van der Waals surface area (Å²) in [6.07, 6.45) is 29.2. The summed E-state index contributed by atoms with van der Waals surface area (Å²) in [5.41, 5.74) is 3.69. The second kappa shape index (κ2) is 22.7. The van der Waals surface area contributed by atoms with E-state index < -0.39 is 0 Å². The minimum absolute atomic E-state index is 0.136. The molecule has 0 N–H and O–H groups in total. The molecule has 0 aliphatic heterocycles. The molecule has 1 atom stereocenters. The van der Waals surface area contributed by atoms with Crippen molar-refractivity contribution in [3.63, 3.8) is 0 Å². The molecule has 1 nitrogen and oxygen atoms in total. The smallest absolute Gasteiger partial charge is 0.0654 e. The molecule has 0 aliphatic rings. The molecule has 0 saturated heterocycles. The van der Waals surface area contributed by atoms with Gasteiger partial charge < -0.3 is 0 Å². The van der Waals surface area contributed by atoms with E-state index in [2.05, 4.69) is 66.4 Å². The minimum Gasteiger partial charge on any atom is -0.0654 e. The number of rotatable bonds is 27. The van der Waals surface area contributed by atoms with Gasteiger partial charge in [0.25, 0.3) is 0 Å². The van der Waals surface area contributed by atoms with E-state index in [4.69, 9.17) is 0 Å². The van der Waals surface area contributed by atoms with E-state index in [0.717, 1.165) is 19.2 Å². The van der Waals surface area contributed by atoms with Crippen LogP contribution in [0, 0.1) is 10.8 Å². The zero-order valence-corrected chi connectivity index (χ0v) is 28.2. The zero-order chi connectivity index (χ0) is 29.5. The van der Waals surface area contributed by atoms with Crippen LogP contribution in [0.1, 0.15) is 188 Å². The van der Waals surface area contributed by atoms with Gasteiger partial charge in [0.1, 0.15) is 0 Å². The van der Waals surface area contributed by atoms with Crippen LogP contribution >= 0.6 is 0 Å². The Kier molecular flexibility index (Phi) is 21.1. The van der Waals surface area contributed by atoms with Crippen LogP contribution in [-0.4, -0.2) is 19.9 Å². The Labute approximate surface area is 253 Å². The van der Waals surface area contributed by atoms with Crippen molar-refractivity contribution in [1.82, 2.24) is 0 Å². The van der Waals surface area contributed by atoms with Gasteiger partial charge in [-0.05, 0) is 0 Å². The topological polar surface area (TPSA) is 17.1 Å². The quantitative estimate of drug-likeness (QED) is 0.0787. The average Bonchev–Trinajstić information content (AvgIpc) is 2.95. The van der Waals surface area contributed by atoms with E-state index in [9.17, 15) is 4.79 Å². The summed E-state index contributed by atoms with van der Waals surface area (Å²) >= 11 is 0. The monoisotopic (exact) mass is 551 g/mol. The molecule has 1 unspecified atom stereocenters. The Bertz CT molecular complexity index is 748. The molecule has 0 spiro atoms. The van der Waals surface area contributed by atoms with Crippen LogP contribution in [0.4, 0.5) is 0 Å². The third-order valence-corrected chi connectivity index (χ3v) is 9.71. The molecule has 1 rings (SSSR count). The first kappa shape index (κ1) is 37.2. The fourth-order valence-electron chi connectivity index (χ4n) is 6.71. The van der Waals surface area contributed by atoms with E-state index in [1.165, 1.54) is 140 Å². The van der Waals surface area contributed by atoms with Gasteiger partial charge in [-0.2, -0.15) is 0 Å². The van der Waals surface area contributed by atoms with Crippen molar-refractivity contribution in [2.75, 3.05) is 0 Å². The Morgan fingerprint density at radius 2 is 1.10 bits per heavy atom. The number of carbonyl (C=O) groups excluding carboxylic acids is 1. The molecule has 0 aromatic carbocycles. The van der Waals surface area contributed by atoms with Gasteiger partial charge >= 0.3 is 240 Å². The molecule has 40 heavy (non-hydrogen) atoms. The number of hydrogen-bond acceptors (Lipinski definition) is 1. The second-order valence-corrected chi connectivity index (χ2v) is 13.8. The first-order chi connectivity index (χ1) is 19.3. The second-order valence-electron chi connectivity index (χ2n) is 13.8. The summed E-state index contributed by atoms with van der Waals surface area (Å²) in [6.45, 7) is 16.2. The first-order valence-corrected chi connectivity index (χ1v) is 17.9. The SMILES string of the molecule is CCCCCCCC(C)(CCCCCC)Cc1cbccc1CBC(=O)C(C)(CCCCCC)CCCCCC. The van der Waals surface area contributed by atoms with E-state index in [1.807, 2.05) is 0 Å². The van der Waals surface area contributed by atoms with Crippen molar-refractivity contribution in [2.45, 2.75) is 189 Å². The fourth-order valence-corrected chi connectivity index (χ4v) is 6.71. The van der Waals surface area contributed by atoms with E-state index in [0.29, 0.717) is 18.4 Å². The van der Waals surface area contributed by atoms with Crippen molar-refractivity contribution in [3.05, 3.63) is 29.1 Å². The maximum absolute atomic E-state index is 13.8. The molecule has 0 bridgehead atoms. The van der Waals surface area contributed by atoms with Crippen LogP contribution in [0.5, 0.6) is 0 Å². The molecule has 228 valence electrons. The summed E-state index contributed by atoms with van der Waals surface area (Å²) in [4.78, 5) is 13.8. The molecule has 0 fully saturated rings. The van der Waals surface area contributed by atoms with E-state index in [-0.39, 0.29) is 5.41 Å². The molecule has 1 heterocycles. The van der Waals surface area contributed by atoms with Crippen LogP contribution < -0.4 is 0 Å². The molecule has 0 amide bonds. The van der Waals surface area contributed by atoms with Crippen LogP contribution in [0.3, 0.4) is 0 Å². The third-order valence-electron chi connectivity index (χ3n) is 9.71. The predicted octanol–water partition coefficient (Wildman–Crippen LogP) is 11.3. The molecular formula is C37H68B2O. The molecule has 3 heteroatoms. The summed E-state index contributed by atoms with van der Waals surface area (Å²) in [5.74, 6) is 4.57. The Morgan fingerprint density at radius 3 is 1.60 bits per heavy atom. The zero-order valence-electron chi connectivity index (χ0n) is 28.2. The molecule has 1 aromatic heterocycles. The molecular weight excluding hydrogens is 482 g/mol. The fraction of sp³-hybridized carbons (Fsp3) is 0.838. The number of unbranched alkanes of at least 4 members (excludes halogenated alkanes) is 13. The standard InChI is InChI=1S/C37H68B2O/c1-7-11-15-19-21-26-36(5,25-20-16-12-8-2)30-34-31-38-29-24-33(34)32-39-35(40)37(6,27-22-17-13-9-3)28-23-18-14-10-4/h24,29,31,39H,7-23,25-28,30,32H2,1-6H3. The molecule has 0 saturated carbocycles.